The smallest absolute Gasteiger partial charge is 0.140 e. The molecule has 0 aliphatic carbocycles. The molecule has 1 aromatic heterocycles. The van der Waals surface area contributed by atoms with Gasteiger partial charge in [0, 0.05) is 5.69 Å². The fraction of sp³-hybridized carbons (Fsp3) is 0.250. The molecule has 0 unspecified atom stereocenters. The number of anilines is 2. The highest BCUT2D eigenvalue weighted by Crippen LogP contribution is 2.29. The number of aryl methyl sites for hydroxylation is 1. The van der Waals surface area contributed by atoms with Gasteiger partial charge in [-0.15, -0.1) is 0 Å². The summed E-state index contributed by atoms with van der Waals surface area (Å²) < 4.78 is 0. The zero-order valence-electron chi connectivity index (χ0n) is 11.4. The normalized spacial score (nSPS) is 10.3. The van der Waals surface area contributed by atoms with Crippen molar-refractivity contribution in [1.29, 1.82) is 5.26 Å². The van der Waals surface area contributed by atoms with Crippen molar-refractivity contribution in [3.05, 3.63) is 53.3 Å². The van der Waals surface area contributed by atoms with Gasteiger partial charge in [-0.05, 0) is 36.1 Å². The molecule has 0 aliphatic heterocycles. The van der Waals surface area contributed by atoms with Crippen molar-refractivity contribution in [2.24, 2.45) is 0 Å². The van der Waals surface area contributed by atoms with E-state index in [9.17, 15) is 0 Å². The summed E-state index contributed by atoms with van der Waals surface area (Å²) in [6.07, 6.45) is 1.69. The van der Waals surface area contributed by atoms with Crippen molar-refractivity contribution in [2.45, 2.75) is 26.7 Å². The Balaban J connectivity index is 2.34. The first-order valence-electron chi connectivity index (χ1n) is 6.34. The van der Waals surface area contributed by atoms with E-state index in [2.05, 4.69) is 49.3 Å². The molecule has 0 atom stereocenters. The van der Waals surface area contributed by atoms with Crippen molar-refractivity contribution in [3.8, 4) is 6.07 Å². The van der Waals surface area contributed by atoms with Crippen LogP contribution in [0.25, 0.3) is 0 Å². The maximum atomic E-state index is 8.75. The molecule has 0 aliphatic rings. The molecule has 3 heteroatoms. The topological polar surface area (TPSA) is 48.7 Å². The van der Waals surface area contributed by atoms with E-state index in [1.165, 1.54) is 11.1 Å². The van der Waals surface area contributed by atoms with Gasteiger partial charge in [0.2, 0.25) is 0 Å². The summed E-state index contributed by atoms with van der Waals surface area (Å²) in [6.45, 7) is 6.44. The van der Waals surface area contributed by atoms with Gasteiger partial charge in [-0.1, -0.05) is 32.0 Å². The van der Waals surface area contributed by atoms with E-state index in [-0.39, 0.29) is 0 Å². The van der Waals surface area contributed by atoms with Crippen LogP contribution in [0.2, 0.25) is 0 Å². The molecule has 19 heavy (non-hydrogen) atoms. The number of nitrogens with zero attached hydrogens (tertiary/aromatic N) is 2. The molecule has 3 nitrogen and oxygen atoms in total. The van der Waals surface area contributed by atoms with E-state index in [4.69, 9.17) is 5.26 Å². The van der Waals surface area contributed by atoms with E-state index in [0.29, 0.717) is 11.6 Å². The van der Waals surface area contributed by atoms with Crippen LogP contribution in [-0.2, 0) is 0 Å². The van der Waals surface area contributed by atoms with E-state index in [1.54, 1.807) is 12.3 Å². The molecule has 0 saturated heterocycles. The van der Waals surface area contributed by atoms with E-state index >= 15 is 0 Å². The Morgan fingerprint density at radius 1 is 1.21 bits per heavy atom. The first kappa shape index (κ1) is 13.1. The maximum absolute atomic E-state index is 8.75. The fourth-order valence-electron chi connectivity index (χ4n) is 2.02. The minimum atomic E-state index is 0.430. The lowest BCUT2D eigenvalue weighted by molar-refractivity contribution is 0.867. The number of nitriles is 1. The minimum Gasteiger partial charge on any atom is -0.354 e. The molecular formula is C16H17N3. The number of para-hydroxylation sites is 1. The van der Waals surface area contributed by atoms with Gasteiger partial charge in [-0.2, -0.15) is 5.26 Å². The fourth-order valence-corrected chi connectivity index (χ4v) is 2.02. The summed E-state index contributed by atoms with van der Waals surface area (Å²) in [5.41, 5.74) is 4.94. The van der Waals surface area contributed by atoms with Gasteiger partial charge in [-0.3, -0.25) is 0 Å². The molecule has 96 valence electrons. The molecule has 1 N–H and O–H groups in total. The van der Waals surface area contributed by atoms with Crippen LogP contribution in [-0.4, -0.2) is 4.98 Å². The van der Waals surface area contributed by atoms with Crippen LogP contribution in [0, 0.1) is 18.3 Å². The van der Waals surface area contributed by atoms with Gasteiger partial charge in [0.05, 0.1) is 11.9 Å². The Morgan fingerprint density at radius 3 is 2.58 bits per heavy atom. The number of pyridine rings is 1. The molecule has 2 rings (SSSR count). The summed E-state index contributed by atoms with van der Waals surface area (Å²) in [5, 5.41) is 12.1. The predicted molar refractivity (Wildman–Crippen MR) is 77.5 cm³/mol. The van der Waals surface area contributed by atoms with Crippen LogP contribution >= 0.6 is 0 Å². The summed E-state index contributed by atoms with van der Waals surface area (Å²) in [7, 11) is 0. The standard InChI is InChI=1S/C16H17N3/c1-11(2)15-6-4-5-12(3)16(15)19-14-8-7-13(9-17)18-10-14/h4-8,10-11,19H,1-3H3. The predicted octanol–water partition coefficient (Wildman–Crippen LogP) is 4.13. The van der Waals surface area contributed by atoms with Gasteiger partial charge >= 0.3 is 0 Å². The highest BCUT2D eigenvalue weighted by molar-refractivity contribution is 5.67. The van der Waals surface area contributed by atoms with Crippen molar-refractivity contribution in [3.63, 3.8) is 0 Å². The van der Waals surface area contributed by atoms with Gasteiger partial charge in [0.15, 0.2) is 0 Å². The Morgan fingerprint density at radius 2 is 2.00 bits per heavy atom. The first-order valence-corrected chi connectivity index (χ1v) is 6.34. The van der Waals surface area contributed by atoms with Crippen LogP contribution < -0.4 is 5.32 Å². The summed E-state index contributed by atoms with van der Waals surface area (Å²) >= 11 is 0. The third-order valence-electron chi connectivity index (χ3n) is 3.07. The SMILES string of the molecule is Cc1cccc(C(C)C)c1Nc1ccc(C#N)nc1. The monoisotopic (exact) mass is 251 g/mol. The average Bonchev–Trinajstić information content (AvgIpc) is 2.41. The third kappa shape index (κ3) is 2.92. The second kappa shape index (κ2) is 5.53. The van der Waals surface area contributed by atoms with E-state index in [0.717, 1.165) is 11.4 Å². The van der Waals surface area contributed by atoms with E-state index in [1.807, 2.05) is 12.1 Å². The zero-order chi connectivity index (χ0) is 13.8. The minimum absolute atomic E-state index is 0.430. The lowest BCUT2D eigenvalue weighted by atomic mass is 9.98. The maximum Gasteiger partial charge on any atom is 0.140 e. The number of aromatic nitrogens is 1. The molecule has 0 radical (unpaired) electrons. The number of hydrogen-bond acceptors (Lipinski definition) is 3. The first-order chi connectivity index (χ1) is 9.11. The van der Waals surface area contributed by atoms with Gasteiger partial charge in [0.25, 0.3) is 0 Å². The van der Waals surface area contributed by atoms with Crippen LogP contribution in [0.3, 0.4) is 0 Å². The number of rotatable bonds is 3. The Kier molecular flexibility index (Phi) is 3.82. The Hall–Kier alpha value is -2.34. The van der Waals surface area contributed by atoms with E-state index < -0.39 is 0 Å². The summed E-state index contributed by atoms with van der Waals surface area (Å²) in [4.78, 5) is 4.07. The zero-order valence-corrected chi connectivity index (χ0v) is 11.4. The summed E-state index contributed by atoms with van der Waals surface area (Å²) in [5.74, 6) is 0.453. The molecule has 2 aromatic rings. The molecule has 0 bridgehead atoms. The van der Waals surface area contributed by atoms with Gasteiger partial charge in [-0.25, -0.2) is 4.98 Å². The molecule has 1 aromatic carbocycles. The van der Waals surface area contributed by atoms with Crippen molar-refractivity contribution in [2.75, 3.05) is 5.32 Å². The molecule has 0 fully saturated rings. The van der Waals surface area contributed by atoms with Crippen molar-refractivity contribution >= 4 is 11.4 Å². The van der Waals surface area contributed by atoms with Crippen LogP contribution in [0.1, 0.15) is 36.6 Å². The lowest BCUT2D eigenvalue weighted by Crippen LogP contribution is -2.00. The molecule has 1 heterocycles. The number of hydrogen-bond donors (Lipinski definition) is 1. The Labute approximate surface area is 113 Å². The quantitative estimate of drug-likeness (QED) is 0.892. The van der Waals surface area contributed by atoms with Crippen molar-refractivity contribution < 1.29 is 0 Å². The molecule has 0 saturated carbocycles. The van der Waals surface area contributed by atoms with Crippen LogP contribution in [0.15, 0.2) is 36.5 Å². The highest BCUT2D eigenvalue weighted by Gasteiger charge is 2.09. The van der Waals surface area contributed by atoms with Gasteiger partial charge < -0.3 is 5.32 Å². The molecular weight excluding hydrogens is 234 g/mol. The highest BCUT2D eigenvalue weighted by atomic mass is 14.9. The van der Waals surface area contributed by atoms with Crippen LogP contribution in [0.5, 0.6) is 0 Å². The largest absolute Gasteiger partial charge is 0.354 e. The number of benzene rings is 1. The summed E-state index contributed by atoms with van der Waals surface area (Å²) in [6, 6.07) is 11.9. The number of nitrogens with one attached hydrogen (secondary N) is 1. The van der Waals surface area contributed by atoms with Crippen LogP contribution in [0.4, 0.5) is 11.4 Å². The average molecular weight is 251 g/mol. The third-order valence-corrected chi connectivity index (χ3v) is 3.07. The second-order valence-electron chi connectivity index (χ2n) is 4.86. The Bertz CT molecular complexity index is 607. The van der Waals surface area contributed by atoms with Gasteiger partial charge in [0.1, 0.15) is 11.8 Å². The lowest BCUT2D eigenvalue weighted by Gasteiger charge is -2.17. The second-order valence-corrected chi connectivity index (χ2v) is 4.86. The molecule has 0 spiro atoms. The van der Waals surface area contributed by atoms with Crippen molar-refractivity contribution in [1.82, 2.24) is 4.98 Å². The molecule has 0 amide bonds.